The van der Waals surface area contributed by atoms with Gasteiger partial charge in [0.05, 0.1) is 36.7 Å². The highest BCUT2D eigenvalue weighted by molar-refractivity contribution is 6.00. The zero-order chi connectivity index (χ0) is 21.3. The second-order valence-corrected chi connectivity index (χ2v) is 7.00. The molecule has 0 aliphatic heterocycles. The Bertz CT molecular complexity index is 1120. The number of aromatic nitrogens is 2. The fourth-order valence-corrected chi connectivity index (χ4v) is 3.23. The summed E-state index contributed by atoms with van der Waals surface area (Å²) in [6.07, 6.45) is 3.81. The van der Waals surface area contributed by atoms with E-state index in [0.29, 0.717) is 34.9 Å². The number of ether oxygens (including phenoxy) is 2. The van der Waals surface area contributed by atoms with E-state index in [2.05, 4.69) is 20.8 Å². The molecule has 0 unspecified atom stereocenters. The molecular formula is C21H22N4O5. The van der Waals surface area contributed by atoms with Crippen LogP contribution in [0, 0.1) is 5.92 Å². The lowest BCUT2D eigenvalue weighted by Gasteiger charge is -2.15. The van der Waals surface area contributed by atoms with Gasteiger partial charge in [0.2, 0.25) is 5.91 Å². The summed E-state index contributed by atoms with van der Waals surface area (Å²) in [5, 5.41) is 10.8. The van der Waals surface area contributed by atoms with Gasteiger partial charge in [-0.15, -0.1) is 0 Å². The topological polar surface area (TPSA) is 116 Å². The van der Waals surface area contributed by atoms with Crippen LogP contribution in [-0.4, -0.2) is 36.2 Å². The van der Waals surface area contributed by atoms with E-state index in [1.807, 2.05) is 6.92 Å². The molecule has 4 rings (SSSR count). The molecule has 1 aromatic carbocycles. The molecule has 3 aromatic rings. The molecule has 2 N–H and O–H groups in total. The lowest BCUT2D eigenvalue weighted by molar-refractivity contribution is -0.117. The van der Waals surface area contributed by atoms with Crippen molar-refractivity contribution < 1.29 is 23.6 Å². The zero-order valence-electron chi connectivity index (χ0n) is 16.9. The number of rotatable bonds is 7. The molecule has 2 aromatic heterocycles. The number of aryl methyl sites for hydroxylation is 1. The fourth-order valence-electron chi connectivity index (χ4n) is 3.23. The number of benzene rings is 1. The number of carbonyl (C=O) groups is 2. The Hall–Kier alpha value is -3.62. The highest BCUT2D eigenvalue weighted by Gasteiger charge is 2.30. The summed E-state index contributed by atoms with van der Waals surface area (Å²) >= 11 is 0. The molecule has 0 atom stereocenters. The number of carbonyl (C=O) groups excluding carboxylic acids is 2. The summed E-state index contributed by atoms with van der Waals surface area (Å²) in [4.78, 5) is 28.5. The highest BCUT2D eigenvalue weighted by atomic mass is 16.5. The second kappa shape index (κ2) is 8.02. The number of nitrogens with zero attached hydrogens (tertiary/aromatic N) is 2. The van der Waals surface area contributed by atoms with E-state index in [-0.39, 0.29) is 17.4 Å². The van der Waals surface area contributed by atoms with Crippen molar-refractivity contribution in [2.45, 2.75) is 26.2 Å². The van der Waals surface area contributed by atoms with Gasteiger partial charge in [0.15, 0.2) is 11.3 Å². The summed E-state index contributed by atoms with van der Waals surface area (Å²) in [5.74, 6) is 0.301. The lowest BCUT2D eigenvalue weighted by atomic mass is 10.1. The molecule has 9 heteroatoms. The third-order valence-corrected chi connectivity index (χ3v) is 4.98. The van der Waals surface area contributed by atoms with Crippen LogP contribution in [0.3, 0.4) is 0 Å². The molecule has 0 spiro atoms. The lowest BCUT2D eigenvalue weighted by Crippen LogP contribution is -2.15. The van der Waals surface area contributed by atoms with Gasteiger partial charge in [-0.2, -0.15) is 0 Å². The van der Waals surface area contributed by atoms with Crippen molar-refractivity contribution in [1.82, 2.24) is 10.1 Å². The predicted molar refractivity (Wildman–Crippen MR) is 110 cm³/mol. The number of pyridine rings is 1. The van der Waals surface area contributed by atoms with Crippen LogP contribution in [-0.2, 0) is 16.0 Å². The van der Waals surface area contributed by atoms with Crippen LogP contribution >= 0.6 is 0 Å². The molecular weight excluding hydrogens is 388 g/mol. The van der Waals surface area contributed by atoms with Crippen molar-refractivity contribution >= 4 is 40.0 Å². The summed E-state index contributed by atoms with van der Waals surface area (Å²) < 4.78 is 15.9. The molecule has 1 amide bonds. The Balaban J connectivity index is 1.75. The van der Waals surface area contributed by atoms with E-state index in [9.17, 15) is 9.59 Å². The largest absolute Gasteiger partial charge is 0.494 e. The number of methoxy groups -OCH3 is 2. The van der Waals surface area contributed by atoms with Crippen LogP contribution < -0.4 is 15.4 Å². The number of anilines is 3. The summed E-state index contributed by atoms with van der Waals surface area (Å²) in [5.41, 5.74) is 2.64. The SMILES string of the molecule is CCc1noc2ccc(Nc3cc(NC(=O)C4CC4)ncc3C(=O)OC)c(OC)c12. The van der Waals surface area contributed by atoms with Crippen molar-refractivity contribution in [3.8, 4) is 5.75 Å². The molecule has 1 fully saturated rings. The van der Waals surface area contributed by atoms with Crippen LogP contribution in [0.4, 0.5) is 17.2 Å². The van der Waals surface area contributed by atoms with Crippen LogP contribution in [0.1, 0.15) is 35.8 Å². The van der Waals surface area contributed by atoms with Gasteiger partial charge in [0.25, 0.3) is 0 Å². The van der Waals surface area contributed by atoms with Gasteiger partial charge in [-0.1, -0.05) is 12.1 Å². The normalized spacial score (nSPS) is 13.2. The van der Waals surface area contributed by atoms with Gasteiger partial charge in [-0.3, -0.25) is 4.79 Å². The van der Waals surface area contributed by atoms with Gasteiger partial charge >= 0.3 is 5.97 Å². The van der Waals surface area contributed by atoms with Gasteiger partial charge < -0.3 is 24.6 Å². The Kier molecular flexibility index (Phi) is 5.26. The Morgan fingerprint density at radius 2 is 2.03 bits per heavy atom. The maximum Gasteiger partial charge on any atom is 0.341 e. The molecule has 1 aliphatic carbocycles. The number of fused-ring (bicyclic) bond motifs is 1. The van der Waals surface area contributed by atoms with E-state index in [0.717, 1.165) is 23.9 Å². The Morgan fingerprint density at radius 3 is 2.70 bits per heavy atom. The van der Waals surface area contributed by atoms with E-state index >= 15 is 0 Å². The molecule has 0 bridgehead atoms. The zero-order valence-corrected chi connectivity index (χ0v) is 16.9. The first-order chi connectivity index (χ1) is 14.5. The first kappa shape index (κ1) is 19.7. The molecule has 0 saturated heterocycles. The maximum absolute atomic E-state index is 12.3. The fraction of sp³-hybridized carbons (Fsp3) is 0.333. The predicted octanol–water partition coefficient (Wildman–Crippen LogP) is 3.67. The minimum atomic E-state index is -0.552. The van der Waals surface area contributed by atoms with E-state index < -0.39 is 5.97 Å². The molecule has 2 heterocycles. The van der Waals surface area contributed by atoms with E-state index in [4.69, 9.17) is 14.0 Å². The third kappa shape index (κ3) is 3.66. The molecule has 30 heavy (non-hydrogen) atoms. The maximum atomic E-state index is 12.3. The van der Waals surface area contributed by atoms with Gasteiger partial charge in [0, 0.05) is 18.2 Å². The average molecular weight is 410 g/mol. The monoisotopic (exact) mass is 410 g/mol. The van der Waals surface area contributed by atoms with Crippen molar-refractivity contribution in [3.63, 3.8) is 0 Å². The molecule has 9 nitrogen and oxygen atoms in total. The molecule has 1 saturated carbocycles. The number of hydrogen-bond acceptors (Lipinski definition) is 8. The minimum absolute atomic E-state index is 0.0343. The van der Waals surface area contributed by atoms with Crippen LogP contribution in [0.2, 0.25) is 0 Å². The first-order valence-electron chi connectivity index (χ1n) is 9.67. The van der Waals surface area contributed by atoms with Crippen molar-refractivity contribution in [1.29, 1.82) is 0 Å². The summed E-state index contributed by atoms with van der Waals surface area (Å²) in [7, 11) is 2.85. The summed E-state index contributed by atoms with van der Waals surface area (Å²) in [6, 6.07) is 5.15. The standard InChI is InChI=1S/C21H22N4O5/c1-4-13-18-16(30-25-13)8-7-14(19(18)28-2)23-15-9-17(24-20(26)11-5-6-11)22-10-12(15)21(27)29-3/h7-11H,4-6H2,1-3H3,(H2,22,23,24,26). The van der Waals surface area contributed by atoms with Crippen LogP contribution in [0.15, 0.2) is 28.9 Å². The molecule has 156 valence electrons. The minimum Gasteiger partial charge on any atom is -0.494 e. The van der Waals surface area contributed by atoms with Crippen molar-refractivity contribution in [3.05, 3.63) is 35.7 Å². The second-order valence-electron chi connectivity index (χ2n) is 7.00. The molecule has 0 radical (unpaired) electrons. The molecule has 1 aliphatic rings. The number of amides is 1. The van der Waals surface area contributed by atoms with Gasteiger partial charge in [-0.05, 0) is 31.4 Å². The van der Waals surface area contributed by atoms with Crippen LogP contribution in [0.25, 0.3) is 11.0 Å². The average Bonchev–Trinajstić information content (AvgIpc) is 3.53. The summed E-state index contributed by atoms with van der Waals surface area (Å²) in [6.45, 7) is 1.98. The Labute approximate surface area is 172 Å². The van der Waals surface area contributed by atoms with Gasteiger partial charge in [-0.25, -0.2) is 9.78 Å². The quantitative estimate of drug-likeness (QED) is 0.567. The first-order valence-corrected chi connectivity index (χ1v) is 9.67. The van der Waals surface area contributed by atoms with Crippen molar-refractivity contribution in [2.24, 2.45) is 5.92 Å². The van der Waals surface area contributed by atoms with Gasteiger partial charge in [0.1, 0.15) is 11.4 Å². The van der Waals surface area contributed by atoms with E-state index in [1.54, 1.807) is 25.3 Å². The van der Waals surface area contributed by atoms with Crippen LogP contribution in [0.5, 0.6) is 5.75 Å². The van der Waals surface area contributed by atoms with Crippen molar-refractivity contribution in [2.75, 3.05) is 24.9 Å². The number of nitrogens with one attached hydrogen (secondary N) is 2. The number of hydrogen-bond donors (Lipinski definition) is 2. The number of esters is 1. The smallest absolute Gasteiger partial charge is 0.341 e. The van der Waals surface area contributed by atoms with E-state index in [1.165, 1.54) is 13.3 Å². The third-order valence-electron chi connectivity index (χ3n) is 4.98. The highest BCUT2D eigenvalue weighted by Crippen LogP contribution is 2.38. The Morgan fingerprint density at radius 1 is 1.23 bits per heavy atom.